The molecule has 0 bridgehead atoms. The highest BCUT2D eigenvalue weighted by Crippen LogP contribution is 2.00. The van der Waals surface area contributed by atoms with Crippen LogP contribution in [0.1, 0.15) is 0 Å². The van der Waals surface area contributed by atoms with E-state index >= 15 is 0 Å². The quantitative estimate of drug-likeness (QED) is 0.637. The smallest absolute Gasteiger partial charge is 0.315 e. The van der Waals surface area contributed by atoms with E-state index in [0.717, 1.165) is 4.90 Å². The zero-order chi connectivity index (χ0) is 10.3. The summed E-state index contributed by atoms with van der Waals surface area (Å²) in [7, 11) is 1.41. The fourth-order valence-corrected chi connectivity index (χ4v) is 0.792. The largest absolute Gasteiger partial charge is 0.395 e. The first-order valence-corrected chi connectivity index (χ1v) is 3.80. The van der Waals surface area contributed by atoms with Crippen LogP contribution in [0.5, 0.6) is 0 Å². The lowest BCUT2D eigenvalue weighted by molar-refractivity contribution is -0.144. The van der Waals surface area contributed by atoms with Crippen LogP contribution in [0, 0.1) is 0 Å². The van der Waals surface area contributed by atoms with E-state index in [4.69, 9.17) is 5.11 Å². The molecule has 0 unspecified atom stereocenters. The Hall–Kier alpha value is -0.750. The summed E-state index contributed by atoms with van der Waals surface area (Å²) in [4.78, 5) is 11.6. The van der Waals surface area contributed by atoms with Gasteiger partial charge in [0.25, 0.3) is 5.91 Å². The molecule has 0 spiro atoms. The fraction of sp³-hybridized carbons (Fsp3) is 0.857. The van der Waals surface area contributed by atoms with E-state index in [2.05, 4.69) is 4.74 Å². The molecule has 13 heavy (non-hydrogen) atoms. The summed E-state index contributed by atoms with van der Waals surface area (Å²) < 4.78 is 28.5. The molecular formula is C7H13F2NO3. The summed E-state index contributed by atoms with van der Waals surface area (Å²) in [6.07, 6.45) is -3.02. The van der Waals surface area contributed by atoms with Crippen molar-refractivity contribution in [2.45, 2.75) is 6.43 Å². The Labute approximate surface area is 75.1 Å². The third kappa shape index (κ3) is 4.74. The van der Waals surface area contributed by atoms with Gasteiger partial charge in [-0.2, -0.15) is 8.78 Å². The van der Waals surface area contributed by atoms with Crippen molar-refractivity contribution in [1.82, 2.24) is 4.90 Å². The Balaban J connectivity index is 3.99. The van der Waals surface area contributed by atoms with Crippen molar-refractivity contribution in [1.29, 1.82) is 0 Å². The molecule has 0 aliphatic rings. The predicted molar refractivity (Wildman–Crippen MR) is 41.5 cm³/mol. The molecular weight excluding hydrogens is 184 g/mol. The topological polar surface area (TPSA) is 49.8 Å². The minimum Gasteiger partial charge on any atom is -0.395 e. The van der Waals surface area contributed by atoms with Crippen LogP contribution in [0.15, 0.2) is 0 Å². The molecule has 0 aromatic rings. The fourth-order valence-electron chi connectivity index (χ4n) is 0.792. The van der Waals surface area contributed by atoms with E-state index in [1.807, 2.05) is 0 Å². The number of hydrogen-bond acceptors (Lipinski definition) is 3. The van der Waals surface area contributed by atoms with E-state index in [9.17, 15) is 13.6 Å². The highest BCUT2D eigenvalue weighted by Gasteiger charge is 2.22. The maximum atomic E-state index is 11.9. The van der Waals surface area contributed by atoms with Crippen molar-refractivity contribution in [3.8, 4) is 0 Å². The van der Waals surface area contributed by atoms with E-state index < -0.39 is 12.3 Å². The number of halogens is 2. The Morgan fingerprint density at radius 2 is 2.15 bits per heavy atom. The summed E-state index contributed by atoms with van der Waals surface area (Å²) in [5, 5.41) is 8.49. The molecule has 0 aromatic carbocycles. The van der Waals surface area contributed by atoms with Gasteiger partial charge in [-0.15, -0.1) is 0 Å². The highest BCUT2D eigenvalue weighted by atomic mass is 19.3. The number of ether oxygens (including phenoxy) is 1. The first kappa shape index (κ1) is 12.2. The van der Waals surface area contributed by atoms with Crippen LogP contribution in [0.2, 0.25) is 0 Å². The summed E-state index contributed by atoms with van der Waals surface area (Å²) in [5.74, 6) is -1.27. The Morgan fingerprint density at radius 3 is 2.54 bits per heavy atom. The average Bonchev–Trinajstić information content (AvgIpc) is 2.11. The van der Waals surface area contributed by atoms with Crippen LogP contribution >= 0.6 is 0 Å². The Kier molecular flexibility index (Phi) is 6.34. The van der Waals surface area contributed by atoms with E-state index in [0.29, 0.717) is 0 Å². The number of nitrogens with zero attached hydrogens (tertiary/aromatic N) is 1. The van der Waals surface area contributed by atoms with Gasteiger partial charge in [-0.3, -0.25) is 4.79 Å². The first-order valence-electron chi connectivity index (χ1n) is 3.80. The second-order valence-corrected chi connectivity index (χ2v) is 2.34. The maximum Gasteiger partial charge on any atom is 0.315 e. The van der Waals surface area contributed by atoms with Gasteiger partial charge in [-0.25, -0.2) is 0 Å². The van der Waals surface area contributed by atoms with E-state index in [-0.39, 0.29) is 26.3 Å². The molecule has 0 rings (SSSR count). The van der Waals surface area contributed by atoms with Gasteiger partial charge in [0.1, 0.15) is 0 Å². The molecule has 0 aromatic heterocycles. The molecule has 0 saturated carbocycles. The van der Waals surface area contributed by atoms with Crippen molar-refractivity contribution in [2.24, 2.45) is 0 Å². The number of aliphatic hydroxyl groups is 1. The van der Waals surface area contributed by atoms with Crippen LogP contribution in [-0.4, -0.2) is 55.8 Å². The van der Waals surface area contributed by atoms with Crippen LogP contribution in [0.3, 0.4) is 0 Å². The number of carbonyl (C=O) groups is 1. The average molecular weight is 197 g/mol. The molecule has 4 nitrogen and oxygen atoms in total. The van der Waals surface area contributed by atoms with Crippen LogP contribution < -0.4 is 0 Å². The molecule has 0 aliphatic heterocycles. The maximum absolute atomic E-state index is 11.9. The lowest BCUT2D eigenvalue weighted by Crippen LogP contribution is -2.39. The molecule has 0 heterocycles. The van der Waals surface area contributed by atoms with Gasteiger partial charge in [0.2, 0.25) is 0 Å². The molecule has 0 atom stereocenters. The third-order valence-electron chi connectivity index (χ3n) is 1.43. The van der Waals surface area contributed by atoms with Gasteiger partial charge in [-0.1, -0.05) is 0 Å². The minimum absolute atomic E-state index is 0.0697. The zero-order valence-corrected chi connectivity index (χ0v) is 7.37. The van der Waals surface area contributed by atoms with Crippen molar-refractivity contribution in [2.75, 3.05) is 33.4 Å². The van der Waals surface area contributed by atoms with Gasteiger partial charge < -0.3 is 14.7 Å². The third-order valence-corrected chi connectivity index (χ3v) is 1.43. The van der Waals surface area contributed by atoms with Crippen molar-refractivity contribution < 1.29 is 23.4 Å². The van der Waals surface area contributed by atoms with Crippen LogP contribution in [0.4, 0.5) is 8.78 Å². The minimum atomic E-state index is -3.02. The molecule has 0 fully saturated rings. The van der Waals surface area contributed by atoms with Crippen LogP contribution in [-0.2, 0) is 9.53 Å². The zero-order valence-electron chi connectivity index (χ0n) is 7.37. The monoisotopic (exact) mass is 197 g/mol. The van der Waals surface area contributed by atoms with Crippen molar-refractivity contribution in [3.05, 3.63) is 0 Å². The Morgan fingerprint density at radius 1 is 1.54 bits per heavy atom. The van der Waals surface area contributed by atoms with Gasteiger partial charge in [0, 0.05) is 20.2 Å². The lowest BCUT2D eigenvalue weighted by Gasteiger charge is -2.20. The molecule has 1 amide bonds. The number of alkyl halides is 2. The molecule has 1 N–H and O–H groups in total. The number of aliphatic hydroxyl groups excluding tert-OH is 1. The second kappa shape index (κ2) is 6.73. The molecule has 0 saturated heterocycles. The standard InChI is InChI=1S/C7H13F2NO3/c1-13-5-3-10(2-4-11)7(12)6(8)9/h6,11H,2-5H2,1H3. The SMILES string of the molecule is COCCN(CCO)C(=O)C(F)F. The molecule has 6 heteroatoms. The van der Waals surface area contributed by atoms with Crippen molar-refractivity contribution >= 4 is 5.91 Å². The summed E-state index contributed by atoms with van der Waals surface area (Å²) in [5.41, 5.74) is 0. The molecule has 78 valence electrons. The van der Waals surface area contributed by atoms with Crippen molar-refractivity contribution in [3.63, 3.8) is 0 Å². The van der Waals surface area contributed by atoms with Gasteiger partial charge in [0.15, 0.2) is 0 Å². The van der Waals surface area contributed by atoms with E-state index in [1.165, 1.54) is 7.11 Å². The van der Waals surface area contributed by atoms with Crippen LogP contribution in [0.25, 0.3) is 0 Å². The predicted octanol–water partition coefficient (Wildman–Crippen LogP) is -0.281. The highest BCUT2D eigenvalue weighted by molar-refractivity contribution is 5.79. The number of carbonyl (C=O) groups excluding carboxylic acids is 1. The number of hydrogen-bond donors (Lipinski definition) is 1. The summed E-state index contributed by atoms with van der Waals surface area (Å²) in [6, 6.07) is 0. The summed E-state index contributed by atoms with van der Waals surface area (Å²) in [6.45, 7) is -0.173. The van der Waals surface area contributed by atoms with Gasteiger partial charge >= 0.3 is 6.43 Å². The van der Waals surface area contributed by atoms with E-state index in [1.54, 1.807) is 0 Å². The first-order chi connectivity index (χ1) is 6.13. The lowest BCUT2D eigenvalue weighted by atomic mass is 10.4. The number of rotatable bonds is 6. The summed E-state index contributed by atoms with van der Waals surface area (Å²) >= 11 is 0. The molecule has 0 radical (unpaired) electrons. The van der Waals surface area contributed by atoms with Gasteiger partial charge in [0.05, 0.1) is 13.2 Å². The number of amides is 1. The van der Waals surface area contributed by atoms with Gasteiger partial charge in [-0.05, 0) is 0 Å². The second-order valence-electron chi connectivity index (χ2n) is 2.34. The number of methoxy groups -OCH3 is 1. The Bertz CT molecular complexity index is 155. The molecule has 0 aliphatic carbocycles. The normalized spacial score (nSPS) is 10.5.